The molecule has 0 unspecified atom stereocenters. The molecule has 1 aliphatic rings. The van der Waals surface area contributed by atoms with Gasteiger partial charge in [0.1, 0.15) is 5.82 Å². The van der Waals surface area contributed by atoms with Crippen molar-refractivity contribution in [1.82, 2.24) is 19.4 Å². The lowest BCUT2D eigenvalue weighted by Crippen LogP contribution is -2.49. The lowest BCUT2D eigenvalue weighted by atomic mass is 10.1. The number of likely N-dealkylation sites (N-methyl/N-ethyl adjacent to an activating group) is 1. The first-order valence-corrected chi connectivity index (χ1v) is 8.29. The topological polar surface area (TPSA) is 41.4 Å². The SMILES string of the molecule is CS[C@H](C)CC(=O)N1CCN(C)[C@@H](c2nccn2C)C1. The van der Waals surface area contributed by atoms with Crippen LogP contribution in [0.1, 0.15) is 25.2 Å². The van der Waals surface area contributed by atoms with Crippen LogP contribution in [0.3, 0.4) is 0 Å². The average Bonchev–Trinajstić information content (AvgIpc) is 2.85. The molecule has 1 aromatic heterocycles. The van der Waals surface area contributed by atoms with Crippen LogP contribution in [-0.4, -0.2) is 63.4 Å². The average molecular weight is 296 g/mol. The molecule has 1 fully saturated rings. The highest BCUT2D eigenvalue weighted by molar-refractivity contribution is 7.99. The van der Waals surface area contributed by atoms with E-state index in [1.54, 1.807) is 11.8 Å². The van der Waals surface area contributed by atoms with E-state index in [1.807, 2.05) is 28.9 Å². The summed E-state index contributed by atoms with van der Waals surface area (Å²) in [5.41, 5.74) is 0. The maximum Gasteiger partial charge on any atom is 0.223 e. The summed E-state index contributed by atoms with van der Waals surface area (Å²) in [5.74, 6) is 1.29. The Kier molecular flexibility index (Phi) is 5.10. The van der Waals surface area contributed by atoms with E-state index < -0.39 is 0 Å². The first kappa shape index (κ1) is 15.4. The molecule has 2 rings (SSSR count). The van der Waals surface area contributed by atoms with Gasteiger partial charge in [0.05, 0.1) is 6.04 Å². The lowest BCUT2D eigenvalue weighted by Gasteiger charge is -2.39. The van der Waals surface area contributed by atoms with Crippen LogP contribution in [0, 0.1) is 0 Å². The van der Waals surface area contributed by atoms with Crippen LogP contribution in [0.5, 0.6) is 0 Å². The number of amides is 1. The van der Waals surface area contributed by atoms with Gasteiger partial charge < -0.3 is 9.47 Å². The summed E-state index contributed by atoms with van der Waals surface area (Å²) in [7, 11) is 4.11. The fraction of sp³-hybridized carbons (Fsp3) is 0.714. The van der Waals surface area contributed by atoms with E-state index in [4.69, 9.17) is 0 Å². The Balaban J connectivity index is 2.05. The van der Waals surface area contributed by atoms with E-state index in [2.05, 4.69) is 30.1 Å². The largest absolute Gasteiger partial charge is 0.339 e. The molecule has 1 aromatic rings. The molecule has 5 nitrogen and oxygen atoms in total. The molecular formula is C14H24N4OS. The number of thioether (sulfide) groups is 1. The van der Waals surface area contributed by atoms with Crippen LogP contribution in [0.25, 0.3) is 0 Å². The highest BCUT2D eigenvalue weighted by atomic mass is 32.2. The molecule has 1 amide bonds. The zero-order valence-corrected chi connectivity index (χ0v) is 13.6. The Morgan fingerprint density at radius 2 is 2.25 bits per heavy atom. The lowest BCUT2D eigenvalue weighted by molar-refractivity contribution is -0.134. The third kappa shape index (κ3) is 3.35. The summed E-state index contributed by atoms with van der Waals surface area (Å²) in [6, 6.07) is 0.192. The van der Waals surface area contributed by atoms with E-state index in [1.165, 1.54) is 0 Å². The van der Waals surface area contributed by atoms with Gasteiger partial charge in [-0.05, 0) is 13.3 Å². The van der Waals surface area contributed by atoms with Crippen LogP contribution in [-0.2, 0) is 11.8 Å². The normalized spacial score (nSPS) is 22.0. The molecule has 0 aromatic carbocycles. The van der Waals surface area contributed by atoms with Crippen molar-refractivity contribution in [3.63, 3.8) is 0 Å². The van der Waals surface area contributed by atoms with Crippen LogP contribution >= 0.6 is 11.8 Å². The Labute approximate surface area is 125 Å². The van der Waals surface area contributed by atoms with Gasteiger partial charge >= 0.3 is 0 Å². The summed E-state index contributed by atoms with van der Waals surface area (Å²) in [4.78, 5) is 21.1. The van der Waals surface area contributed by atoms with Crippen molar-refractivity contribution in [2.75, 3.05) is 32.9 Å². The molecule has 2 atom stereocenters. The second-order valence-corrected chi connectivity index (χ2v) is 6.76. The van der Waals surface area contributed by atoms with Gasteiger partial charge in [-0.25, -0.2) is 4.98 Å². The van der Waals surface area contributed by atoms with Crippen molar-refractivity contribution in [3.05, 3.63) is 18.2 Å². The summed E-state index contributed by atoms with van der Waals surface area (Å²) >= 11 is 1.74. The molecule has 1 aliphatic heterocycles. The van der Waals surface area contributed by atoms with Gasteiger partial charge in [0.25, 0.3) is 0 Å². The monoisotopic (exact) mass is 296 g/mol. The number of hydrogen-bond donors (Lipinski definition) is 0. The summed E-state index contributed by atoms with van der Waals surface area (Å²) < 4.78 is 2.04. The number of hydrogen-bond acceptors (Lipinski definition) is 4. The van der Waals surface area contributed by atoms with Crippen molar-refractivity contribution >= 4 is 17.7 Å². The van der Waals surface area contributed by atoms with Crippen LogP contribution in [0.4, 0.5) is 0 Å². The third-order valence-electron chi connectivity index (χ3n) is 4.02. The van der Waals surface area contributed by atoms with E-state index in [-0.39, 0.29) is 11.9 Å². The van der Waals surface area contributed by atoms with Crippen LogP contribution in [0.2, 0.25) is 0 Å². The minimum atomic E-state index is 0.192. The van der Waals surface area contributed by atoms with Gasteiger partial charge in [-0.1, -0.05) is 6.92 Å². The highest BCUT2D eigenvalue weighted by Gasteiger charge is 2.30. The maximum absolute atomic E-state index is 12.3. The van der Waals surface area contributed by atoms with Crippen molar-refractivity contribution in [3.8, 4) is 0 Å². The molecule has 0 radical (unpaired) electrons. The second-order valence-electron chi connectivity index (χ2n) is 5.48. The summed E-state index contributed by atoms with van der Waals surface area (Å²) in [5, 5.41) is 0.383. The number of aromatic nitrogens is 2. The number of rotatable bonds is 4. The number of imidazole rings is 1. The maximum atomic E-state index is 12.3. The number of piperazine rings is 1. The highest BCUT2D eigenvalue weighted by Crippen LogP contribution is 2.23. The predicted octanol–water partition coefficient (Wildman–Crippen LogP) is 1.38. The van der Waals surface area contributed by atoms with E-state index in [9.17, 15) is 4.79 Å². The number of carbonyl (C=O) groups excluding carboxylic acids is 1. The van der Waals surface area contributed by atoms with Gasteiger partial charge in [0.15, 0.2) is 0 Å². The number of nitrogens with zero attached hydrogens (tertiary/aromatic N) is 4. The first-order chi connectivity index (χ1) is 9.52. The summed E-state index contributed by atoms with van der Waals surface area (Å²) in [6.45, 7) is 4.56. The van der Waals surface area contributed by atoms with Gasteiger partial charge in [-0.2, -0.15) is 11.8 Å². The standard InChI is InChI=1S/C14H24N4OS/c1-11(20-4)9-13(19)18-8-7-16(2)12(10-18)14-15-5-6-17(14)3/h5-6,11-12H,7-10H2,1-4H3/t11-,12-/m1/s1. The zero-order chi connectivity index (χ0) is 14.7. The molecule has 0 aliphatic carbocycles. The van der Waals surface area contributed by atoms with Gasteiger partial charge in [-0.15, -0.1) is 0 Å². The molecule has 6 heteroatoms. The minimum Gasteiger partial charge on any atom is -0.339 e. The molecule has 1 saturated heterocycles. The fourth-order valence-electron chi connectivity index (χ4n) is 2.54. The Morgan fingerprint density at radius 3 is 2.85 bits per heavy atom. The van der Waals surface area contributed by atoms with Gasteiger partial charge in [0.2, 0.25) is 5.91 Å². The minimum absolute atomic E-state index is 0.192. The van der Waals surface area contributed by atoms with E-state index >= 15 is 0 Å². The Bertz CT molecular complexity index is 462. The fourth-order valence-corrected chi connectivity index (χ4v) is 2.84. The molecule has 2 heterocycles. The quantitative estimate of drug-likeness (QED) is 0.842. The van der Waals surface area contributed by atoms with Crippen LogP contribution in [0.15, 0.2) is 12.4 Å². The molecule has 0 saturated carbocycles. The molecule has 0 spiro atoms. The third-order valence-corrected chi connectivity index (χ3v) is 4.99. The van der Waals surface area contributed by atoms with Crippen molar-refractivity contribution in [2.45, 2.75) is 24.6 Å². The molecule has 20 heavy (non-hydrogen) atoms. The van der Waals surface area contributed by atoms with E-state index in [0.717, 1.165) is 25.5 Å². The first-order valence-electron chi connectivity index (χ1n) is 7.01. The van der Waals surface area contributed by atoms with Crippen LogP contribution < -0.4 is 0 Å². The second kappa shape index (κ2) is 6.63. The molecule has 112 valence electrons. The van der Waals surface area contributed by atoms with Crippen molar-refractivity contribution in [2.24, 2.45) is 7.05 Å². The molecular weight excluding hydrogens is 272 g/mol. The Morgan fingerprint density at radius 1 is 1.50 bits per heavy atom. The van der Waals surface area contributed by atoms with E-state index in [0.29, 0.717) is 11.7 Å². The Hall–Kier alpha value is -1.01. The van der Waals surface area contributed by atoms with Crippen molar-refractivity contribution < 1.29 is 4.79 Å². The number of carbonyl (C=O) groups is 1. The smallest absolute Gasteiger partial charge is 0.223 e. The zero-order valence-electron chi connectivity index (χ0n) is 12.7. The summed E-state index contributed by atoms with van der Waals surface area (Å²) in [6.07, 6.45) is 6.45. The van der Waals surface area contributed by atoms with Gasteiger partial charge in [0, 0.05) is 50.7 Å². The number of aryl methyl sites for hydroxylation is 1. The predicted molar refractivity (Wildman–Crippen MR) is 82.8 cm³/mol. The molecule has 0 bridgehead atoms. The molecule has 0 N–H and O–H groups in total. The van der Waals surface area contributed by atoms with Crippen molar-refractivity contribution in [1.29, 1.82) is 0 Å². The van der Waals surface area contributed by atoms with Gasteiger partial charge in [-0.3, -0.25) is 9.69 Å².